The summed E-state index contributed by atoms with van der Waals surface area (Å²) in [5, 5.41) is 6.00. The van der Waals surface area contributed by atoms with Gasteiger partial charge in [0.05, 0.1) is 6.04 Å². The summed E-state index contributed by atoms with van der Waals surface area (Å²) in [5.41, 5.74) is 0.321. The summed E-state index contributed by atoms with van der Waals surface area (Å²) in [6.07, 6.45) is 3.94. The number of rotatable bonds is 2. The van der Waals surface area contributed by atoms with Crippen LogP contribution in [0.3, 0.4) is 0 Å². The third-order valence-electron chi connectivity index (χ3n) is 3.95. The van der Waals surface area contributed by atoms with E-state index in [1.165, 1.54) is 12.8 Å². The second-order valence-corrected chi connectivity index (χ2v) is 6.26. The van der Waals surface area contributed by atoms with Crippen LogP contribution in [0.25, 0.3) is 0 Å². The van der Waals surface area contributed by atoms with Crippen LogP contribution in [0.15, 0.2) is 0 Å². The molecule has 2 fully saturated rings. The van der Waals surface area contributed by atoms with E-state index in [1.54, 1.807) is 0 Å². The quantitative estimate of drug-likeness (QED) is 0.775. The van der Waals surface area contributed by atoms with Gasteiger partial charge in [-0.3, -0.25) is 4.79 Å². The van der Waals surface area contributed by atoms with Crippen molar-refractivity contribution in [2.75, 3.05) is 6.54 Å². The van der Waals surface area contributed by atoms with E-state index < -0.39 is 6.17 Å². The SMILES string of the molecule is CC1(C)CCC[C@@H](NC(=O)[C@@H]2C[C@@H](F)CN2)C1. The lowest BCUT2D eigenvalue weighted by molar-refractivity contribution is -0.124. The molecular formula is C13H23FN2O. The third-order valence-corrected chi connectivity index (χ3v) is 3.95. The van der Waals surface area contributed by atoms with Crippen LogP contribution in [0.5, 0.6) is 0 Å². The van der Waals surface area contributed by atoms with E-state index in [0.717, 1.165) is 12.8 Å². The Balaban J connectivity index is 1.82. The number of carbonyl (C=O) groups excluding carboxylic acids is 1. The van der Waals surface area contributed by atoms with Crippen molar-refractivity contribution in [3.8, 4) is 0 Å². The van der Waals surface area contributed by atoms with E-state index in [2.05, 4.69) is 24.5 Å². The highest BCUT2D eigenvalue weighted by Crippen LogP contribution is 2.35. The minimum atomic E-state index is -0.867. The molecule has 0 spiro atoms. The number of carbonyl (C=O) groups is 1. The first-order valence-corrected chi connectivity index (χ1v) is 6.64. The molecule has 4 heteroatoms. The lowest BCUT2D eigenvalue weighted by Gasteiger charge is -2.36. The fraction of sp³-hybridized carbons (Fsp3) is 0.923. The summed E-state index contributed by atoms with van der Waals surface area (Å²) in [6.45, 7) is 4.81. The summed E-state index contributed by atoms with van der Waals surface area (Å²) in [7, 11) is 0. The molecule has 0 bridgehead atoms. The molecule has 17 heavy (non-hydrogen) atoms. The van der Waals surface area contributed by atoms with Gasteiger partial charge in [0.1, 0.15) is 6.17 Å². The third kappa shape index (κ3) is 3.41. The van der Waals surface area contributed by atoms with Gasteiger partial charge in [0, 0.05) is 19.0 Å². The molecule has 1 aliphatic heterocycles. The molecule has 3 atom stereocenters. The van der Waals surface area contributed by atoms with Crippen LogP contribution < -0.4 is 10.6 Å². The predicted octanol–water partition coefficient (Wildman–Crippen LogP) is 1.77. The fourth-order valence-electron chi connectivity index (χ4n) is 3.02. The van der Waals surface area contributed by atoms with Crippen LogP contribution in [-0.4, -0.2) is 30.7 Å². The van der Waals surface area contributed by atoms with Crippen molar-refractivity contribution < 1.29 is 9.18 Å². The Morgan fingerprint density at radius 3 is 2.82 bits per heavy atom. The van der Waals surface area contributed by atoms with Crippen molar-refractivity contribution in [1.29, 1.82) is 0 Å². The van der Waals surface area contributed by atoms with E-state index in [-0.39, 0.29) is 18.0 Å². The van der Waals surface area contributed by atoms with Crippen LogP contribution in [-0.2, 0) is 4.79 Å². The summed E-state index contributed by atoms with van der Waals surface area (Å²) < 4.78 is 13.0. The van der Waals surface area contributed by atoms with Crippen molar-refractivity contribution in [2.24, 2.45) is 5.41 Å². The zero-order valence-corrected chi connectivity index (χ0v) is 10.8. The van der Waals surface area contributed by atoms with Crippen LogP contribution in [0, 0.1) is 5.41 Å². The second-order valence-electron chi connectivity index (χ2n) is 6.26. The van der Waals surface area contributed by atoms with Gasteiger partial charge in [0.2, 0.25) is 5.91 Å². The van der Waals surface area contributed by atoms with Crippen molar-refractivity contribution >= 4 is 5.91 Å². The van der Waals surface area contributed by atoms with Gasteiger partial charge in [0.15, 0.2) is 0 Å². The number of hydrogen-bond donors (Lipinski definition) is 2. The molecule has 1 heterocycles. The van der Waals surface area contributed by atoms with Gasteiger partial charge in [-0.15, -0.1) is 0 Å². The molecule has 1 saturated carbocycles. The highest BCUT2D eigenvalue weighted by Gasteiger charge is 2.33. The summed E-state index contributed by atoms with van der Waals surface area (Å²) in [4.78, 5) is 11.9. The maximum atomic E-state index is 13.0. The predicted molar refractivity (Wildman–Crippen MR) is 65.5 cm³/mol. The lowest BCUT2D eigenvalue weighted by atomic mass is 9.75. The number of amides is 1. The second kappa shape index (κ2) is 4.92. The average Bonchev–Trinajstić information content (AvgIpc) is 2.63. The summed E-state index contributed by atoms with van der Waals surface area (Å²) >= 11 is 0. The van der Waals surface area contributed by atoms with Crippen LogP contribution in [0.2, 0.25) is 0 Å². The monoisotopic (exact) mass is 242 g/mol. The molecule has 0 aromatic heterocycles. The molecule has 3 nitrogen and oxygen atoms in total. The Morgan fingerprint density at radius 2 is 2.24 bits per heavy atom. The van der Waals surface area contributed by atoms with Crippen molar-refractivity contribution in [1.82, 2.24) is 10.6 Å². The largest absolute Gasteiger partial charge is 0.352 e. The first-order chi connectivity index (χ1) is 7.96. The van der Waals surface area contributed by atoms with Crippen LogP contribution in [0.4, 0.5) is 4.39 Å². The van der Waals surface area contributed by atoms with Gasteiger partial charge in [-0.2, -0.15) is 0 Å². The molecule has 1 amide bonds. The minimum absolute atomic E-state index is 0.0205. The molecule has 1 aliphatic carbocycles. The molecule has 0 unspecified atom stereocenters. The Kier molecular flexibility index (Phi) is 3.71. The van der Waals surface area contributed by atoms with E-state index in [1.807, 2.05) is 0 Å². The number of halogens is 1. The highest BCUT2D eigenvalue weighted by atomic mass is 19.1. The Hall–Kier alpha value is -0.640. The average molecular weight is 242 g/mol. The Labute approximate surface area is 103 Å². The molecule has 2 aliphatic rings. The molecule has 0 radical (unpaired) electrons. The zero-order valence-electron chi connectivity index (χ0n) is 10.8. The molecule has 0 aromatic rings. The number of alkyl halides is 1. The fourth-order valence-corrected chi connectivity index (χ4v) is 3.02. The van der Waals surface area contributed by atoms with Gasteiger partial charge >= 0.3 is 0 Å². The smallest absolute Gasteiger partial charge is 0.237 e. The molecule has 0 aromatic carbocycles. The Morgan fingerprint density at radius 1 is 1.47 bits per heavy atom. The summed E-state index contributed by atoms with van der Waals surface area (Å²) in [5.74, 6) is -0.0205. The zero-order chi connectivity index (χ0) is 12.5. The van der Waals surface area contributed by atoms with Gasteiger partial charge in [-0.05, 0) is 24.7 Å². The summed E-state index contributed by atoms with van der Waals surface area (Å²) in [6, 6.07) is -0.0539. The van der Waals surface area contributed by atoms with E-state index in [9.17, 15) is 9.18 Å². The first-order valence-electron chi connectivity index (χ1n) is 6.64. The topological polar surface area (TPSA) is 41.1 Å². The van der Waals surface area contributed by atoms with E-state index in [4.69, 9.17) is 0 Å². The molecule has 98 valence electrons. The molecule has 2 rings (SSSR count). The molecular weight excluding hydrogens is 219 g/mol. The molecule has 1 saturated heterocycles. The Bertz CT molecular complexity index is 293. The minimum Gasteiger partial charge on any atom is -0.352 e. The lowest BCUT2D eigenvalue weighted by Crippen LogP contribution is -2.47. The van der Waals surface area contributed by atoms with Crippen molar-refractivity contribution in [3.63, 3.8) is 0 Å². The normalized spacial score (nSPS) is 36.8. The van der Waals surface area contributed by atoms with E-state index >= 15 is 0 Å². The molecule has 2 N–H and O–H groups in total. The number of nitrogens with one attached hydrogen (secondary N) is 2. The maximum absolute atomic E-state index is 13.0. The van der Waals surface area contributed by atoms with Gasteiger partial charge < -0.3 is 10.6 Å². The van der Waals surface area contributed by atoms with Crippen molar-refractivity contribution in [3.05, 3.63) is 0 Å². The maximum Gasteiger partial charge on any atom is 0.237 e. The standard InChI is InChI=1S/C13H23FN2O/c1-13(2)5-3-4-10(7-13)16-12(17)11-6-9(14)8-15-11/h9-11,15H,3-8H2,1-2H3,(H,16,17)/t9-,10-,11+/m1/s1. The van der Waals surface area contributed by atoms with Crippen molar-refractivity contribution in [2.45, 2.75) is 64.2 Å². The van der Waals surface area contributed by atoms with Crippen LogP contribution in [0.1, 0.15) is 46.0 Å². The van der Waals surface area contributed by atoms with Gasteiger partial charge in [0.25, 0.3) is 0 Å². The van der Waals surface area contributed by atoms with Crippen LogP contribution >= 0.6 is 0 Å². The van der Waals surface area contributed by atoms with Gasteiger partial charge in [-0.1, -0.05) is 20.3 Å². The first kappa shape index (κ1) is 12.8. The highest BCUT2D eigenvalue weighted by molar-refractivity contribution is 5.82. The number of hydrogen-bond acceptors (Lipinski definition) is 2. The van der Waals surface area contributed by atoms with E-state index in [0.29, 0.717) is 18.4 Å². The van der Waals surface area contributed by atoms with Gasteiger partial charge in [-0.25, -0.2) is 4.39 Å².